The van der Waals surface area contributed by atoms with E-state index in [2.05, 4.69) is 15.6 Å². The van der Waals surface area contributed by atoms with E-state index < -0.39 is 6.04 Å². The summed E-state index contributed by atoms with van der Waals surface area (Å²) in [4.78, 5) is 27.0. The summed E-state index contributed by atoms with van der Waals surface area (Å²) in [5, 5.41) is 5.92. The highest BCUT2D eigenvalue weighted by atomic mass is 35.5. The van der Waals surface area contributed by atoms with Gasteiger partial charge in [-0.05, 0) is 24.8 Å². The molecule has 1 atom stereocenters. The van der Waals surface area contributed by atoms with Crippen molar-refractivity contribution >= 4 is 35.0 Å². The number of amides is 2. The number of H-pyrrole nitrogens is 1. The van der Waals surface area contributed by atoms with Gasteiger partial charge in [-0.25, -0.2) is 0 Å². The van der Waals surface area contributed by atoms with E-state index in [4.69, 9.17) is 23.2 Å². The summed E-state index contributed by atoms with van der Waals surface area (Å²) in [6, 6.07) is 0.935. The van der Waals surface area contributed by atoms with Gasteiger partial charge in [0.2, 0.25) is 5.91 Å². The van der Waals surface area contributed by atoms with Gasteiger partial charge in [-0.15, -0.1) is 0 Å². The third-order valence-electron chi connectivity index (χ3n) is 3.91. The fourth-order valence-electron chi connectivity index (χ4n) is 2.77. The fourth-order valence-corrected chi connectivity index (χ4v) is 3.08. The molecule has 1 aliphatic carbocycles. The molecule has 116 valence electrons. The lowest BCUT2D eigenvalue weighted by molar-refractivity contribution is -0.124. The molecule has 7 heteroatoms. The third kappa shape index (κ3) is 3.92. The molecular weight excluding hydrogens is 313 g/mol. The van der Waals surface area contributed by atoms with Crippen LogP contribution < -0.4 is 10.6 Å². The molecule has 0 aliphatic heterocycles. The third-order valence-corrected chi connectivity index (χ3v) is 4.60. The first kappa shape index (κ1) is 16.2. The number of aromatic amines is 1. The lowest BCUT2D eigenvalue weighted by atomic mass is 9.83. The molecule has 1 aromatic rings. The summed E-state index contributed by atoms with van der Waals surface area (Å²) in [6.07, 6.45) is 5.27. The van der Waals surface area contributed by atoms with Crippen LogP contribution in [-0.2, 0) is 4.79 Å². The van der Waals surface area contributed by atoms with Crippen LogP contribution in [0.15, 0.2) is 6.07 Å². The van der Waals surface area contributed by atoms with Crippen LogP contribution >= 0.6 is 23.2 Å². The first-order valence-corrected chi connectivity index (χ1v) is 7.85. The zero-order chi connectivity index (χ0) is 15.4. The number of rotatable bonds is 4. The number of halogens is 2. The maximum Gasteiger partial charge on any atom is 0.268 e. The zero-order valence-electron chi connectivity index (χ0n) is 11.8. The monoisotopic (exact) mass is 331 g/mol. The minimum atomic E-state index is -0.524. The highest BCUT2D eigenvalue weighted by molar-refractivity contribution is 6.41. The molecule has 0 bridgehead atoms. The summed E-state index contributed by atoms with van der Waals surface area (Å²) < 4.78 is 0. The Kier molecular flexibility index (Phi) is 5.53. The molecule has 1 aliphatic rings. The van der Waals surface area contributed by atoms with Crippen molar-refractivity contribution in [1.82, 2.24) is 15.6 Å². The molecule has 0 spiro atoms. The van der Waals surface area contributed by atoms with Crippen molar-refractivity contribution in [2.45, 2.75) is 38.1 Å². The highest BCUT2D eigenvalue weighted by Crippen LogP contribution is 2.27. The van der Waals surface area contributed by atoms with Crippen molar-refractivity contribution in [2.75, 3.05) is 7.05 Å². The number of hydrogen-bond acceptors (Lipinski definition) is 2. The minimum absolute atomic E-state index is 0.168. The van der Waals surface area contributed by atoms with Crippen molar-refractivity contribution < 1.29 is 9.59 Å². The normalized spacial score (nSPS) is 17.3. The lowest BCUT2D eigenvalue weighted by Gasteiger charge is -2.29. The van der Waals surface area contributed by atoms with Gasteiger partial charge in [-0.1, -0.05) is 42.5 Å². The molecule has 1 heterocycles. The summed E-state index contributed by atoms with van der Waals surface area (Å²) >= 11 is 11.6. The molecule has 0 saturated heterocycles. The fraction of sp³-hybridized carbons (Fsp3) is 0.571. The zero-order valence-corrected chi connectivity index (χ0v) is 13.4. The van der Waals surface area contributed by atoms with E-state index in [1.807, 2.05) is 0 Å². The second kappa shape index (κ2) is 7.18. The first-order chi connectivity index (χ1) is 10.0. The van der Waals surface area contributed by atoms with Crippen LogP contribution in [0.1, 0.15) is 42.6 Å². The van der Waals surface area contributed by atoms with Gasteiger partial charge >= 0.3 is 0 Å². The van der Waals surface area contributed by atoms with Gasteiger partial charge in [0.15, 0.2) is 0 Å². The first-order valence-electron chi connectivity index (χ1n) is 7.09. The number of likely N-dealkylation sites (N-methyl/N-ethyl adjacent to an activating group) is 1. The number of nitrogens with one attached hydrogen (secondary N) is 3. The van der Waals surface area contributed by atoms with Gasteiger partial charge < -0.3 is 15.6 Å². The smallest absolute Gasteiger partial charge is 0.268 e. The molecule has 21 heavy (non-hydrogen) atoms. The quantitative estimate of drug-likeness (QED) is 0.793. The Morgan fingerprint density at radius 3 is 2.48 bits per heavy atom. The van der Waals surface area contributed by atoms with E-state index >= 15 is 0 Å². The van der Waals surface area contributed by atoms with Crippen LogP contribution in [0.2, 0.25) is 10.2 Å². The van der Waals surface area contributed by atoms with E-state index in [0.717, 1.165) is 25.7 Å². The average molecular weight is 332 g/mol. The number of aromatic nitrogens is 1. The van der Waals surface area contributed by atoms with E-state index in [9.17, 15) is 9.59 Å². The van der Waals surface area contributed by atoms with Gasteiger partial charge in [-0.3, -0.25) is 9.59 Å². The van der Waals surface area contributed by atoms with Crippen molar-refractivity contribution in [1.29, 1.82) is 0 Å². The maximum atomic E-state index is 12.2. The minimum Gasteiger partial charge on any atom is -0.357 e. The van der Waals surface area contributed by atoms with Crippen LogP contribution in [0.25, 0.3) is 0 Å². The molecule has 2 rings (SSSR count). The Morgan fingerprint density at radius 2 is 1.95 bits per heavy atom. The molecular formula is C14H19Cl2N3O2. The molecule has 0 aromatic carbocycles. The summed E-state index contributed by atoms with van der Waals surface area (Å²) in [6.45, 7) is 0. The molecule has 0 unspecified atom stereocenters. The Morgan fingerprint density at radius 1 is 1.29 bits per heavy atom. The molecule has 2 amide bonds. The van der Waals surface area contributed by atoms with Crippen molar-refractivity contribution in [3.05, 3.63) is 21.9 Å². The maximum absolute atomic E-state index is 12.2. The molecule has 1 saturated carbocycles. The number of hydrogen-bond donors (Lipinski definition) is 3. The average Bonchev–Trinajstić information content (AvgIpc) is 2.84. The van der Waals surface area contributed by atoms with E-state index in [0.29, 0.717) is 0 Å². The van der Waals surface area contributed by atoms with Gasteiger partial charge in [0.25, 0.3) is 5.91 Å². The van der Waals surface area contributed by atoms with Crippen LogP contribution in [0, 0.1) is 5.92 Å². The molecule has 5 nitrogen and oxygen atoms in total. The topological polar surface area (TPSA) is 74.0 Å². The number of carbonyl (C=O) groups excluding carboxylic acids is 2. The SMILES string of the molecule is CNC(=O)[C@@H](NC(=O)c1cc(Cl)c(Cl)[nH]1)C1CCCCC1. The van der Waals surface area contributed by atoms with Crippen molar-refractivity contribution in [2.24, 2.45) is 5.92 Å². The molecule has 3 N–H and O–H groups in total. The van der Waals surface area contributed by atoms with E-state index in [1.54, 1.807) is 7.05 Å². The predicted molar refractivity (Wildman–Crippen MR) is 82.7 cm³/mol. The van der Waals surface area contributed by atoms with Crippen LogP contribution in [0.5, 0.6) is 0 Å². The summed E-state index contributed by atoms with van der Waals surface area (Å²) in [7, 11) is 1.58. The van der Waals surface area contributed by atoms with Crippen molar-refractivity contribution in [3.63, 3.8) is 0 Å². The van der Waals surface area contributed by atoms with Crippen LogP contribution in [0.3, 0.4) is 0 Å². The molecule has 1 aromatic heterocycles. The lowest BCUT2D eigenvalue weighted by Crippen LogP contribution is -2.50. The second-order valence-corrected chi connectivity index (χ2v) is 6.09. The van der Waals surface area contributed by atoms with Gasteiger partial charge in [0.1, 0.15) is 16.9 Å². The molecule has 1 fully saturated rings. The van der Waals surface area contributed by atoms with Crippen molar-refractivity contribution in [3.8, 4) is 0 Å². The predicted octanol–water partition coefficient (Wildman–Crippen LogP) is 2.75. The van der Waals surface area contributed by atoms with E-state index in [-0.39, 0.29) is 33.6 Å². The Hall–Kier alpha value is -1.20. The Bertz CT molecular complexity index is 505. The highest BCUT2D eigenvalue weighted by Gasteiger charge is 2.30. The number of carbonyl (C=O) groups is 2. The summed E-state index contributed by atoms with van der Waals surface area (Å²) in [5.41, 5.74) is 0.259. The van der Waals surface area contributed by atoms with Crippen LogP contribution in [0.4, 0.5) is 0 Å². The second-order valence-electron chi connectivity index (χ2n) is 5.31. The van der Waals surface area contributed by atoms with Gasteiger partial charge in [-0.2, -0.15) is 0 Å². The van der Waals surface area contributed by atoms with Gasteiger partial charge in [0.05, 0.1) is 5.02 Å². The van der Waals surface area contributed by atoms with Gasteiger partial charge in [0, 0.05) is 7.05 Å². The standard InChI is InChI=1S/C14H19Cl2N3O2/c1-17-14(21)11(8-5-3-2-4-6-8)19-13(20)10-7-9(15)12(16)18-10/h7-8,11,18H,2-6H2,1H3,(H,17,21)(H,19,20)/t11-/m0/s1. The summed E-state index contributed by atoms with van der Waals surface area (Å²) in [5.74, 6) is -0.370. The Balaban J connectivity index is 2.10. The van der Waals surface area contributed by atoms with Crippen LogP contribution in [-0.4, -0.2) is 29.9 Å². The van der Waals surface area contributed by atoms with E-state index in [1.165, 1.54) is 12.5 Å². The molecule has 0 radical (unpaired) electrons. The largest absolute Gasteiger partial charge is 0.357 e. The Labute approximate surface area is 133 Å².